The van der Waals surface area contributed by atoms with E-state index >= 15 is 0 Å². The van der Waals surface area contributed by atoms with Gasteiger partial charge in [-0.1, -0.05) is 24.3 Å². The van der Waals surface area contributed by atoms with Crippen LogP contribution in [0.5, 0.6) is 11.5 Å². The van der Waals surface area contributed by atoms with Gasteiger partial charge in [-0.25, -0.2) is 0 Å². The number of aromatic hydroxyl groups is 2. The van der Waals surface area contributed by atoms with Gasteiger partial charge in [0.15, 0.2) is 0 Å². The van der Waals surface area contributed by atoms with Crippen LogP contribution in [0.15, 0.2) is 60.7 Å². The van der Waals surface area contributed by atoms with Crippen LogP contribution in [-0.2, 0) is 9.59 Å². The van der Waals surface area contributed by atoms with Crippen LogP contribution < -0.4 is 16.4 Å². The molecule has 0 unspecified atom stereocenters. The van der Waals surface area contributed by atoms with E-state index in [1.54, 1.807) is 71.7 Å². The number of hydrogen-bond donors (Lipinski definition) is 5. The first-order chi connectivity index (χ1) is 17.5. The van der Waals surface area contributed by atoms with E-state index in [0.717, 1.165) is 43.5 Å². The highest BCUT2D eigenvalue weighted by Gasteiger charge is 2.10. The van der Waals surface area contributed by atoms with Crippen LogP contribution in [0.2, 0.25) is 0 Å². The maximum atomic E-state index is 12.8. The Morgan fingerprint density at radius 2 is 1.31 bits per heavy atom. The van der Waals surface area contributed by atoms with Crippen molar-refractivity contribution < 1.29 is 19.8 Å². The second kappa shape index (κ2) is 16.9. The van der Waals surface area contributed by atoms with E-state index in [4.69, 9.17) is 5.73 Å². The third-order valence-electron chi connectivity index (χ3n) is 5.44. The number of amides is 2. The molecule has 8 nitrogen and oxygen atoms in total. The first-order valence-electron chi connectivity index (χ1n) is 12.4. The Hall–Kier alpha value is -3.62. The van der Waals surface area contributed by atoms with Gasteiger partial charge in [-0.3, -0.25) is 9.59 Å². The van der Waals surface area contributed by atoms with Gasteiger partial charge in [-0.15, -0.1) is 0 Å². The summed E-state index contributed by atoms with van der Waals surface area (Å²) in [6, 6.07) is 13.2. The molecule has 0 heterocycles. The third-order valence-corrected chi connectivity index (χ3v) is 5.44. The molecule has 0 spiro atoms. The maximum Gasteiger partial charge on any atom is 0.246 e. The third kappa shape index (κ3) is 12.2. The van der Waals surface area contributed by atoms with E-state index in [1.807, 2.05) is 0 Å². The van der Waals surface area contributed by atoms with E-state index in [0.29, 0.717) is 32.6 Å². The smallest absolute Gasteiger partial charge is 0.246 e. The van der Waals surface area contributed by atoms with Crippen LogP contribution >= 0.6 is 0 Å². The van der Waals surface area contributed by atoms with Gasteiger partial charge in [0.2, 0.25) is 11.8 Å². The zero-order valence-electron chi connectivity index (χ0n) is 20.7. The van der Waals surface area contributed by atoms with Crippen molar-refractivity contribution in [3.05, 3.63) is 71.8 Å². The monoisotopic (exact) mass is 494 g/mol. The van der Waals surface area contributed by atoms with Crippen molar-refractivity contribution in [2.45, 2.75) is 25.7 Å². The van der Waals surface area contributed by atoms with Gasteiger partial charge in [0.25, 0.3) is 0 Å². The van der Waals surface area contributed by atoms with E-state index in [2.05, 4.69) is 10.6 Å². The zero-order chi connectivity index (χ0) is 26.0. The van der Waals surface area contributed by atoms with Gasteiger partial charge in [0.05, 0.1) is 0 Å². The van der Waals surface area contributed by atoms with Crippen LogP contribution in [0, 0.1) is 0 Å². The molecule has 36 heavy (non-hydrogen) atoms. The number of nitrogens with two attached hydrogens (primary N) is 1. The number of unbranched alkanes of at least 4 members (excludes halogenated alkanes) is 1. The predicted molar refractivity (Wildman–Crippen MR) is 144 cm³/mol. The Kier molecular flexibility index (Phi) is 13.4. The number of carbonyl (C=O) groups is 2. The van der Waals surface area contributed by atoms with Crippen LogP contribution in [0.1, 0.15) is 36.8 Å². The summed E-state index contributed by atoms with van der Waals surface area (Å²) >= 11 is 0. The molecule has 194 valence electrons. The Morgan fingerprint density at radius 1 is 0.750 bits per heavy atom. The van der Waals surface area contributed by atoms with Crippen molar-refractivity contribution in [3.63, 3.8) is 0 Å². The van der Waals surface area contributed by atoms with Gasteiger partial charge in [-0.05, 0) is 92.9 Å². The normalized spacial score (nSPS) is 11.2. The van der Waals surface area contributed by atoms with Gasteiger partial charge in [0, 0.05) is 31.8 Å². The molecule has 0 atom stereocenters. The zero-order valence-corrected chi connectivity index (χ0v) is 20.7. The lowest BCUT2D eigenvalue weighted by molar-refractivity contribution is -0.126. The Balaban J connectivity index is 1.81. The molecule has 2 aromatic rings. The fraction of sp³-hybridized carbons (Fsp3) is 0.357. The lowest BCUT2D eigenvalue weighted by Crippen LogP contribution is -2.34. The average molecular weight is 495 g/mol. The molecule has 6 N–H and O–H groups in total. The molecule has 0 radical (unpaired) electrons. The summed E-state index contributed by atoms with van der Waals surface area (Å²) in [5.74, 6) is 0.0612. The number of nitrogens with zero attached hydrogens (tertiary/aromatic N) is 1. The second-order valence-corrected chi connectivity index (χ2v) is 8.42. The topological polar surface area (TPSA) is 128 Å². The molecule has 0 aliphatic rings. The largest absolute Gasteiger partial charge is 0.508 e. The summed E-state index contributed by atoms with van der Waals surface area (Å²) in [4.78, 5) is 26.7. The predicted octanol–water partition coefficient (Wildman–Crippen LogP) is 2.88. The van der Waals surface area contributed by atoms with Gasteiger partial charge >= 0.3 is 0 Å². The highest BCUT2D eigenvalue weighted by atomic mass is 16.3. The van der Waals surface area contributed by atoms with Crippen LogP contribution in [0.4, 0.5) is 0 Å². The number of nitrogens with one attached hydrogen (secondary N) is 2. The molecule has 8 heteroatoms. The SMILES string of the molecule is NCCCNCCCCN(CCCNC(=O)/C=C/c1ccc(O)cc1)C(=O)/C=C/c1ccc(O)cc1. The van der Waals surface area contributed by atoms with Crippen molar-refractivity contribution in [1.82, 2.24) is 15.5 Å². The Labute approximate surface area is 213 Å². The fourth-order valence-corrected chi connectivity index (χ4v) is 3.39. The summed E-state index contributed by atoms with van der Waals surface area (Å²) in [6.07, 6.45) is 9.82. The fourth-order valence-electron chi connectivity index (χ4n) is 3.39. The summed E-state index contributed by atoms with van der Waals surface area (Å²) < 4.78 is 0. The van der Waals surface area contributed by atoms with Crippen molar-refractivity contribution in [2.75, 3.05) is 39.3 Å². The summed E-state index contributed by atoms with van der Waals surface area (Å²) in [5.41, 5.74) is 7.15. The van der Waals surface area contributed by atoms with Crippen molar-refractivity contribution >= 4 is 24.0 Å². The van der Waals surface area contributed by atoms with Gasteiger partial charge < -0.3 is 31.5 Å². The van der Waals surface area contributed by atoms with E-state index in [9.17, 15) is 19.8 Å². The molecular weight excluding hydrogens is 456 g/mol. The first kappa shape index (κ1) is 28.6. The standard InChI is InChI=1S/C28H38N4O4/c29-17-3-19-30-18-1-2-21-32(28(36)16-10-24-7-13-26(34)14-8-24)22-4-20-31-27(35)15-9-23-5-11-25(33)12-6-23/h5-16,30,33-34H,1-4,17-22,29H2,(H,31,35)/b15-9+,16-10+. The van der Waals surface area contributed by atoms with Gasteiger partial charge in [0.1, 0.15) is 11.5 Å². The minimum atomic E-state index is -0.211. The highest BCUT2D eigenvalue weighted by molar-refractivity contribution is 5.92. The Morgan fingerprint density at radius 3 is 1.92 bits per heavy atom. The highest BCUT2D eigenvalue weighted by Crippen LogP contribution is 2.12. The van der Waals surface area contributed by atoms with Crippen LogP contribution in [0.25, 0.3) is 12.2 Å². The minimum Gasteiger partial charge on any atom is -0.508 e. The van der Waals surface area contributed by atoms with Crippen molar-refractivity contribution in [3.8, 4) is 11.5 Å². The van der Waals surface area contributed by atoms with Crippen LogP contribution in [0.3, 0.4) is 0 Å². The molecule has 2 aromatic carbocycles. The molecule has 0 aromatic heterocycles. The number of phenols is 2. The lowest BCUT2D eigenvalue weighted by Gasteiger charge is -2.21. The number of phenolic OH excluding ortho intramolecular Hbond substituents is 2. The van der Waals surface area contributed by atoms with Crippen molar-refractivity contribution in [2.24, 2.45) is 5.73 Å². The molecule has 0 aliphatic carbocycles. The van der Waals surface area contributed by atoms with Crippen molar-refractivity contribution in [1.29, 1.82) is 0 Å². The molecule has 2 rings (SSSR count). The quantitative estimate of drug-likeness (QED) is 0.180. The second-order valence-electron chi connectivity index (χ2n) is 8.42. The summed E-state index contributed by atoms with van der Waals surface area (Å²) in [7, 11) is 0. The number of benzene rings is 2. The molecule has 2 amide bonds. The maximum absolute atomic E-state index is 12.8. The molecule has 0 aliphatic heterocycles. The van der Waals surface area contributed by atoms with E-state index < -0.39 is 0 Å². The average Bonchev–Trinajstić information content (AvgIpc) is 2.88. The first-order valence-corrected chi connectivity index (χ1v) is 12.4. The van der Waals surface area contributed by atoms with E-state index in [-0.39, 0.29) is 23.3 Å². The van der Waals surface area contributed by atoms with Crippen LogP contribution in [-0.4, -0.2) is 66.2 Å². The number of rotatable bonds is 16. The molecule has 0 fully saturated rings. The summed E-state index contributed by atoms with van der Waals surface area (Å²) in [5, 5.41) is 24.9. The molecule has 0 saturated heterocycles. The minimum absolute atomic E-state index is 0.0854. The number of hydrogen-bond acceptors (Lipinski definition) is 6. The lowest BCUT2D eigenvalue weighted by atomic mass is 10.2. The number of carbonyl (C=O) groups excluding carboxylic acids is 2. The van der Waals surface area contributed by atoms with E-state index in [1.165, 1.54) is 6.08 Å². The van der Waals surface area contributed by atoms with Gasteiger partial charge in [-0.2, -0.15) is 0 Å². The Bertz CT molecular complexity index is 972. The summed E-state index contributed by atoms with van der Waals surface area (Å²) in [6.45, 7) is 4.06. The molecule has 0 bridgehead atoms. The molecular formula is C28H38N4O4. The molecule has 0 saturated carbocycles.